The average Bonchev–Trinajstić information content (AvgIpc) is 1.92. The first-order valence-electron chi connectivity index (χ1n) is 5.92. The van der Waals surface area contributed by atoms with E-state index >= 15 is 0 Å². The molecule has 0 fully saturated rings. The van der Waals surface area contributed by atoms with Crippen LogP contribution < -0.4 is 9.44 Å². The Labute approximate surface area is 109 Å². The molecule has 0 aromatic rings. The Balaban J connectivity index is 4.73. The summed E-state index contributed by atoms with van der Waals surface area (Å²) in [6, 6.07) is -0.846. The molecule has 1 atom stereocenters. The number of hydrogen-bond donors (Lipinski definition) is 3. The van der Waals surface area contributed by atoms with Gasteiger partial charge in [0.1, 0.15) is 0 Å². The Hall–Kier alpha value is -0.660. The van der Waals surface area contributed by atoms with Crippen LogP contribution in [-0.4, -0.2) is 31.6 Å². The van der Waals surface area contributed by atoms with Crippen LogP contribution in [-0.2, 0) is 15.0 Å². The summed E-state index contributed by atoms with van der Waals surface area (Å²) in [5.74, 6) is -1.02. The monoisotopic (exact) mass is 280 g/mol. The molecule has 0 saturated carbocycles. The SMILES string of the molecule is CC(C)NS(=O)(=O)NC(CC(=O)O)CC(C)(C)C. The summed E-state index contributed by atoms with van der Waals surface area (Å²) >= 11 is 0. The first-order valence-corrected chi connectivity index (χ1v) is 7.41. The second-order valence-corrected chi connectivity index (χ2v) is 7.43. The molecule has 7 heteroatoms. The first-order chi connectivity index (χ1) is 7.91. The summed E-state index contributed by atoms with van der Waals surface area (Å²) in [5.41, 5.74) is -0.152. The van der Waals surface area contributed by atoms with Gasteiger partial charge in [0.05, 0.1) is 6.42 Å². The molecule has 0 saturated heterocycles. The lowest BCUT2D eigenvalue weighted by atomic mass is 9.87. The number of rotatable bonds is 7. The van der Waals surface area contributed by atoms with Gasteiger partial charge in [-0.3, -0.25) is 4.79 Å². The first kappa shape index (κ1) is 17.3. The highest BCUT2D eigenvalue weighted by atomic mass is 32.2. The molecule has 0 amide bonds. The maximum atomic E-state index is 11.7. The quantitative estimate of drug-likeness (QED) is 0.650. The minimum atomic E-state index is -3.66. The number of carbonyl (C=O) groups is 1. The molecule has 0 radical (unpaired) electrons. The third kappa shape index (κ3) is 9.38. The fourth-order valence-corrected chi connectivity index (χ4v) is 2.96. The molecule has 0 rings (SSSR count). The molecule has 18 heavy (non-hydrogen) atoms. The second kappa shape index (κ2) is 6.49. The van der Waals surface area contributed by atoms with E-state index in [1.807, 2.05) is 20.8 Å². The molecule has 6 nitrogen and oxygen atoms in total. The van der Waals surface area contributed by atoms with Crippen molar-refractivity contribution in [1.82, 2.24) is 9.44 Å². The summed E-state index contributed by atoms with van der Waals surface area (Å²) in [6.07, 6.45) is 0.231. The van der Waals surface area contributed by atoms with Crippen LogP contribution in [0.2, 0.25) is 0 Å². The van der Waals surface area contributed by atoms with E-state index in [2.05, 4.69) is 9.44 Å². The third-order valence-corrected chi connectivity index (χ3v) is 3.42. The van der Waals surface area contributed by atoms with E-state index in [1.54, 1.807) is 13.8 Å². The zero-order chi connectivity index (χ0) is 14.6. The van der Waals surface area contributed by atoms with Gasteiger partial charge in [0.15, 0.2) is 0 Å². The molecule has 0 aromatic carbocycles. The van der Waals surface area contributed by atoms with Crippen molar-refractivity contribution in [2.45, 2.75) is 59.5 Å². The van der Waals surface area contributed by atoms with Crippen LogP contribution in [0.5, 0.6) is 0 Å². The van der Waals surface area contributed by atoms with Gasteiger partial charge < -0.3 is 5.11 Å². The van der Waals surface area contributed by atoms with Gasteiger partial charge in [0.25, 0.3) is 10.2 Å². The molecular formula is C11H24N2O4S. The maximum Gasteiger partial charge on any atom is 0.304 e. The van der Waals surface area contributed by atoms with E-state index < -0.39 is 22.2 Å². The summed E-state index contributed by atoms with van der Waals surface area (Å²) in [6.45, 7) is 9.22. The highest BCUT2D eigenvalue weighted by Gasteiger charge is 2.25. The minimum Gasteiger partial charge on any atom is -0.481 e. The Morgan fingerprint density at radius 1 is 1.22 bits per heavy atom. The van der Waals surface area contributed by atoms with Crippen molar-refractivity contribution >= 4 is 16.2 Å². The van der Waals surface area contributed by atoms with Crippen molar-refractivity contribution in [3.8, 4) is 0 Å². The fourth-order valence-electron chi connectivity index (χ4n) is 1.67. The zero-order valence-electron chi connectivity index (χ0n) is 11.6. The van der Waals surface area contributed by atoms with Crippen LogP contribution in [0.3, 0.4) is 0 Å². The Kier molecular flexibility index (Phi) is 6.25. The largest absolute Gasteiger partial charge is 0.481 e. The van der Waals surface area contributed by atoms with Gasteiger partial charge in [0, 0.05) is 12.1 Å². The highest BCUT2D eigenvalue weighted by Crippen LogP contribution is 2.22. The molecule has 0 spiro atoms. The molecule has 0 heterocycles. The van der Waals surface area contributed by atoms with E-state index in [4.69, 9.17) is 5.11 Å². The zero-order valence-corrected chi connectivity index (χ0v) is 12.5. The van der Waals surface area contributed by atoms with Crippen LogP contribution in [0.1, 0.15) is 47.5 Å². The van der Waals surface area contributed by atoms with Crippen LogP contribution in [0.25, 0.3) is 0 Å². The van der Waals surface area contributed by atoms with Crippen molar-refractivity contribution in [1.29, 1.82) is 0 Å². The number of nitrogens with one attached hydrogen (secondary N) is 2. The fraction of sp³-hybridized carbons (Fsp3) is 0.909. The standard InChI is InChI=1S/C11H24N2O4S/c1-8(2)12-18(16,17)13-9(6-10(14)15)7-11(3,4)5/h8-9,12-13H,6-7H2,1-5H3,(H,14,15). The normalized spacial score (nSPS) is 14.8. The number of carboxylic acid groups (broad SMARTS) is 1. The van der Waals surface area contributed by atoms with E-state index in [9.17, 15) is 13.2 Å². The minimum absolute atomic E-state index is 0.152. The van der Waals surface area contributed by atoms with Gasteiger partial charge in [-0.25, -0.2) is 0 Å². The van der Waals surface area contributed by atoms with E-state index in [-0.39, 0.29) is 17.9 Å². The molecule has 0 aliphatic heterocycles. The molecule has 1 unspecified atom stereocenters. The Morgan fingerprint density at radius 3 is 2.06 bits per heavy atom. The van der Waals surface area contributed by atoms with Crippen LogP contribution in [0, 0.1) is 5.41 Å². The lowest BCUT2D eigenvalue weighted by Gasteiger charge is -2.26. The number of aliphatic carboxylic acids is 1. The lowest BCUT2D eigenvalue weighted by Crippen LogP contribution is -2.46. The van der Waals surface area contributed by atoms with E-state index in [1.165, 1.54) is 0 Å². The molecule has 0 bridgehead atoms. The van der Waals surface area contributed by atoms with Crippen LogP contribution >= 0.6 is 0 Å². The molecule has 0 aliphatic rings. The van der Waals surface area contributed by atoms with Gasteiger partial charge in [0.2, 0.25) is 0 Å². The van der Waals surface area contributed by atoms with Crippen molar-refractivity contribution in [3.05, 3.63) is 0 Å². The Bertz CT molecular complexity index is 371. The molecule has 0 aromatic heterocycles. The molecular weight excluding hydrogens is 256 g/mol. The topological polar surface area (TPSA) is 95.5 Å². The van der Waals surface area contributed by atoms with Crippen molar-refractivity contribution in [2.75, 3.05) is 0 Å². The number of carboxylic acids is 1. The van der Waals surface area contributed by atoms with Gasteiger partial charge in [-0.05, 0) is 25.7 Å². The van der Waals surface area contributed by atoms with Crippen molar-refractivity contribution in [2.24, 2.45) is 5.41 Å². The molecule has 108 valence electrons. The van der Waals surface area contributed by atoms with Gasteiger partial charge in [-0.15, -0.1) is 0 Å². The Morgan fingerprint density at radius 2 is 1.72 bits per heavy atom. The summed E-state index contributed by atoms with van der Waals surface area (Å²) in [4.78, 5) is 10.7. The molecule has 0 aliphatic carbocycles. The van der Waals surface area contributed by atoms with E-state index in [0.717, 1.165) is 0 Å². The highest BCUT2D eigenvalue weighted by molar-refractivity contribution is 7.87. The third-order valence-electron chi connectivity index (χ3n) is 1.99. The van der Waals surface area contributed by atoms with Crippen LogP contribution in [0.4, 0.5) is 0 Å². The average molecular weight is 280 g/mol. The molecule has 3 N–H and O–H groups in total. The second-order valence-electron chi connectivity index (χ2n) is 5.95. The van der Waals surface area contributed by atoms with Crippen LogP contribution in [0.15, 0.2) is 0 Å². The van der Waals surface area contributed by atoms with Crippen molar-refractivity contribution in [3.63, 3.8) is 0 Å². The lowest BCUT2D eigenvalue weighted by molar-refractivity contribution is -0.137. The van der Waals surface area contributed by atoms with Crippen molar-refractivity contribution < 1.29 is 18.3 Å². The van der Waals surface area contributed by atoms with Gasteiger partial charge in [-0.1, -0.05) is 20.8 Å². The predicted octanol–water partition coefficient (Wildman–Crippen LogP) is 1.10. The summed E-state index contributed by atoms with van der Waals surface area (Å²) < 4.78 is 28.2. The van der Waals surface area contributed by atoms with E-state index in [0.29, 0.717) is 6.42 Å². The smallest absolute Gasteiger partial charge is 0.304 e. The van der Waals surface area contributed by atoms with Gasteiger partial charge >= 0.3 is 5.97 Å². The summed E-state index contributed by atoms with van der Waals surface area (Å²) in [5, 5.41) is 8.80. The van der Waals surface area contributed by atoms with Gasteiger partial charge in [-0.2, -0.15) is 17.9 Å². The summed E-state index contributed by atoms with van der Waals surface area (Å²) in [7, 11) is -3.66. The number of hydrogen-bond acceptors (Lipinski definition) is 3. The maximum absolute atomic E-state index is 11.7. The predicted molar refractivity (Wildman–Crippen MR) is 70.4 cm³/mol.